The second kappa shape index (κ2) is 4.39. The lowest BCUT2D eigenvalue weighted by Crippen LogP contribution is -1.95. The highest BCUT2D eigenvalue weighted by Crippen LogP contribution is 2.33. The highest BCUT2D eigenvalue weighted by molar-refractivity contribution is 6.35. The molecule has 0 aliphatic carbocycles. The van der Waals surface area contributed by atoms with Crippen LogP contribution < -0.4 is 0 Å². The Labute approximate surface area is 105 Å². The first kappa shape index (κ1) is 12.0. The summed E-state index contributed by atoms with van der Waals surface area (Å²) in [5.41, 5.74) is 1.32. The maximum Gasteiger partial charge on any atom is 0.139 e. The molecule has 17 heavy (non-hydrogen) atoms. The van der Waals surface area contributed by atoms with Gasteiger partial charge in [-0.2, -0.15) is 0 Å². The molecule has 2 rings (SSSR count). The normalized spacial score (nSPS) is 10.8. The van der Waals surface area contributed by atoms with E-state index in [-0.39, 0.29) is 11.7 Å². The molecule has 0 unspecified atom stereocenters. The van der Waals surface area contributed by atoms with E-state index in [0.717, 1.165) is 16.3 Å². The molecule has 0 bridgehead atoms. The molecule has 0 N–H and O–H groups in total. The number of fused-ring (bicyclic) bond motifs is 1. The molecule has 0 saturated carbocycles. The van der Waals surface area contributed by atoms with Crippen LogP contribution in [0.1, 0.15) is 30.9 Å². The van der Waals surface area contributed by atoms with Crippen molar-refractivity contribution in [3.05, 3.63) is 46.2 Å². The average molecular weight is 247 g/mol. The first-order chi connectivity index (χ1) is 8.06. The molecule has 0 amide bonds. The van der Waals surface area contributed by atoms with Gasteiger partial charge in [0.15, 0.2) is 0 Å². The fourth-order valence-electron chi connectivity index (χ4n) is 2.03. The second-order valence-electron chi connectivity index (χ2n) is 4.28. The van der Waals surface area contributed by atoms with Gasteiger partial charge in [0, 0.05) is 15.8 Å². The summed E-state index contributed by atoms with van der Waals surface area (Å²) < 4.78 is 13.7. The van der Waals surface area contributed by atoms with Gasteiger partial charge in [0.2, 0.25) is 0 Å². The van der Waals surface area contributed by atoms with Crippen molar-refractivity contribution in [2.24, 2.45) is 0 Å². The summed E-state index contributed by atoms with van der Waals surface area (Å²) >= 11 is 6.12. The predicted molar refractivity (Wildman–Crippen MR) is 70.9 cm³/mol. The fourth-order valence-corrected chi connectivity index (χ4v) is 2.25. The van der Waals surface area contributed by atoms with Gasteiger partial charge in [0.1, 0.15) is 5.82 Å². The zero-order chi connectivity index (χ0) is 12.6. The Morgan fingerprint density at radius 1 is 1.24 bits per heavy atom. The Kier molecular flexibility index (Phi) is 3.09. The molecule has 2 aromatic carbocycles. The Bertz CT molecular complexity index is 621. The van der Waals surface area contributed by atoms with Gasteiger partial charge in [-0.05, 0) is 29.7 Å². The molecule has 2 aromatic rings. The molecule has 2 heteroatoms. The number of benzene rings is 2. The van der Waals surface area contributed by atoms with Crippen LogP contribution in [0.5, 0.6) is 0 Å². The minimum atomic E-state index is -0.371. The van der Waals surface area contributed by atoms with Crippen molar-refractivity contribution in [3.63, 3.8) is 0 Å². The van der Waals surface area contributed by atoms with Crippen LogP contribution in [0.25, 0.3) is 10.8 Å². The zero-order valence-corrected chi connectivity index (χ0v) is 10.5. The Morgan fingerprint density at radius 3 is 2.53 bits per heavy atom. The molecule has 0 aliphatic heterocycles. The van der Waals surface area contributed by atoms with Crippen LogP contribution >= 0.6 is 11.6 Å². The predicted octanol–water partition coefficient (Wildman–Crippen LogP) is 4.74. The lowest BCUT2D eigenvalue weighted by atomic mass is 9.92. The lowest BCUT2D eigenvalue weighted by molar-refractivity contribution is 0.626. The van der Waals surface area contributed by atoms with E-state index in [1.54, 1.807) is 6.07 Å². The molecule has 0 nitrogen and oxygen atoms in total. The van der Waals surface area contributed by atoms with E-state index >= 15 is 0 Å². The Hall–Kier alpha value is -1.52. The van der Waals surface area contributed by atoms with Crippen LogP contribution in [0.4, 0.5) is 4.39 Å². The number of hydrogen-bond donors (Lipinski definition) is 0. The maximum absolute atomic E-state index is 13.7. The van der Waals surface area contributed by atoms with Crippen molar-refractivity contribution >= 4 is 22.4 Å². The van der Waals surface area contributed by atoms with Crippen LogP contribution in [0.2, 0.25) is 5.02 Å². The molecule has 0 heterocycles. The van der Waals surface area contributed by atoms with E-state index in [1.807, 2.05) is 26.0 Å². The molecular formula is C15H12ClF. The molecule has 0 saturated heterocycles. The van der Waals surface area contributed by atoms with Gasteiger partial charge in [-0.25, -0.2) is 4.39 Å². The van der Waals surface area contributed by atoms with Crippen molar-refractivity contribution < 1.29 is 4.39 Å². The smallest absolute Gasteiger partial charge is 0.139 e. The van der Waals surface area contributed by atoms with Crippen LogP contribution in [-0.4, -0.2) is 0 Å². The van der Waals surface area contributed by atoms with Crippen LogP contribution in [0, 0.1) is 18.2 Å². The first-order valence-corrected chi connectivity index (χ1v) is 5.81. The zero-order valence-electron chi connectivity index (χ0n) is 9.72. The molecule has 86 valence electrons. The van der Waals surface area contributed by atoms with Gasteiger partial charge in [-0.15, -0.1) is 6.42 Å². The van der Waals surface area contributed by atoms with E-state index in [2.05, 4.69) is 5.92 Å². The fraction of sp³-hybridized carbons (Fsp3) is 0.200. The number of hydrogen-bond acceptors (Lipinski definition) is 0. The van der Waals surface area contributed by atoms with Crippen molar-refractivity contribution in [2.75, 3.05) is 0 Å². The second-order valence-corrected chi connectivity index (χ2v) is 4.69. The third-order valence-corrected chi connectivity index (χ3v) is 3.21. The molecule has 0 fully saturated rings. The monoisotopic (exact) mass is 246 g/mol. The molecular weight excluding hydrogens is 235 g/mol. The van der Waals surface area contributed by atoms with E-state index in [0.29, 0.717) is 10.6 Å². The van der Waals surface area contributed by atoms with Crippen molar-refractivity contribution in [1.82, 2.24) is 0 Å². The number of terminal acetylenes is 1. The van der Waals surface area contributed by atoms with E-state index in [4.69, 9.17) is 18.0 Å². The Morgan fingerprint density at radius 2 is 1.94 bits per heavy atom. The molecule has 0 atom stereocenters. The maximum atomic E-state index is 13.7. The van der Waals surface area contributed by atoms with E-state index in [9.17, 15) is 4.39 Å². The summed E-state index contributed by atoms with van der Waals surface area (Å²) in [4.78, 5) is 0. The molecule has 0 aromatic heterocycles. The Balaban J connectivity index is 3.01. The third kappa shape index (κ3) is 1.90. The largest absolute Gasteiger partial charge is 0.206 e. The molecule has 0 aliphatic rings. The minimum absolute atomic E-state index is 0.267. The van der Waals surface area contributed by atoms with Crippen molar-refractivity contribution in [1.29, 1.82) is 0 Å². The summed E-state index contributed by atoms with van der Waals surface area (Å²) in [5.74, 6) is 2.32. The first-order valence-electron chi connectivity index (χ1n) is 5.43. The van der Waals surface area contributed by atoms with Crippen LogP contribution in [0.3, 0.4) is 0 Å². The number of rotatable bonds is 1. The SMILES string of the molecule is C#Cc1c(F)ccc2c(Cl)ccc(C(C)C)c12. The summed E-state index contributed by atoms with van der Waals surface area (Å²) in [7, 11) is 0. The quantitative estimate of drug-likeness (QED) is 0.638. The van der Waals surface area contributed by atoms with E-state index in [1.165, 1.54) is 6.07 Å². The summed E-state index contributed by atoms with van der Waals surface area (Å²) in [6.45, 7) is 4.10. The van der Waals surface area contributed by atoms with Crippen LogP contribution in [0.15, 0.2) is 24.3 Å². The topological polar surface area (TPSA) is 0 Å². The van der Waals surface area contributed by atoms with Crippen LogP contribution in [-0.2, 0) is 0 Å². The van der Waals surface area contributed by atoms with Crippen molar-refractivity contribution in [3.8, 4) is 12.3 Å². The minimum Gasteiger partial charge on any atom is -0.206 e. The highest BCUT2D eigenvalue weighted by Gasteiger charge is 2.13. The van der Waals surface area contributed by atoms with Gasteiger partial charge >= 0.3 is 0 Å². The third-order valence-electron chi connectivity index (χ3n) is 2.88. The standard InChI is InChI=1S/C15H12ClF/c1-4-10-14(17)8-6-12-13(16)7-5-11(9(2)3)15(10)12/h1,5-9H,2-3H3. The van der Waals surface area contributed by atoms with Gasteiger partial charge in [0.05, 0.1) is 5.56 Å². The van der Waals surface area contributed by atoms with Gasteiger partial charge in [0.25, 0.3) is 0 Å². The van der Waals surface area contributed by atoms with Gasteiger partial charge in [-0.3, -0.25) is 0 Å². The molecule has 0 radical (unpaired) electrons. The highest BCUT2D eigenvalue weighted by atomic mass is 35.5. The van der Waals surface area contributed by atoms with Gasteiger partial charge < -0.3 is 0 Å². The molecule has 0 spiro atoms. The summed E-state index contributed by atoms with van der Waals surface area (Å²) in [5, 5.41) is 2.17. The lowest BCUT2D eigenvalue weighted by Gasteiger charge is -2.13. The average Bonchev–Trinajstić information content (AvgIpc) is 2.28. The summed E-state index contributed by atoms with van der Waals surface area (Å²) in [6.07, 6.45) is 5.40. The van der Waals surface area contributed by atoms with Gasteiger partial charge in [-0.1, -0.05) is 37.4 Å². The summed E-state index contributed by atoms with van der Waals surface area (Å²) in [6, 6.07) is 6.79. The number of halogens is 2. The van der Waals surface area contributed by atoms with E-state index < -0.39 is 0 Å². The van der Waals surface area contributed by atoms with Crippen molar-refractivity contribution in [2.45, 2.75) is 19.8 Å².